The Bertz CT molecular complexity index is 413. The van der Waals surface area contributed by atoms with Crippen LogP contribution in [0.15, 0.2) is 24.5 Å². The molecule has 2 heterocycles. The van der Waals surface area contributed by atoms with E-state index in [9.17, 15) is 4.79 Å². The lowest BCUT2D eigenvalue weighted by molar-refractivity contribution is 0.0262. The van der Waals surface area contributed by atoms with Gasteiger partial charge in [0.15, 0.2) is 6.23 Å². The number of hydrogen-bond donors (Lipinski definition) is 1. The Morgan fingerprint density at radius 2 is 2.25 bits per heavy atom. The minimum absolute atomic E-state index is 0.213. The van der Waals surface area contributed by atoms with E-state index in [2.05, 4.69) is 16.4 Å². The van der Waals surface area contributed by atoms with Crippen molar-refractivity contribution in [3.63, 3.8) is 0 Å². The van der Waals surface area contributed by atoms with Gasteiger partial charge >= 0.3 is 5.97 Å². The molecule has 1 aliphatic heterocycles. The summed E-state index contributed by atoms with van der Waals surface area (Å²) in [7, 11) is 0. The topological polar surface area (TPSA) is 75.0 Å². The van der Waals surface area contributed by atoms with Gasteiger partial charge in [0, 0.05) is 18.8 Å². The second kappa shape index (κ2) is 4.73. The van der Waals surface area contributed by atoms with Crippen LogP contribution in [0.4, 0.5) is 0 Å². The van der Waals surface area contributed by atoms with E-state index < -0.39 is 5.97 Å². The zero-order valence-corrected chi connectivity index (χ0v) is 8.59. The van der Waals surface area contributed by atoms with E-state index in [1.54, 1.807) is 12.1 Å². The zero-order valence-electron chi connectivity index (χ0n) is 8.59. The van der Waals surface area contributed by atoms with Crippen molar-refractivity contribution in [2.24, 2.45) is 0 Å². The van der Waals surface area contributed by atoms with Crippen molar-refractivity contribution in [2.45, 2.75) is 25.1 Å². The van der Waals surface area contributed by atoms with Crippen molar-refractivity contribution >= 4 is 5.97 Å². The lowest BCUT2D eigenvalue weighted by Gasteiger charge is -2.12. The van der Waals surface area contributed by atoms with Crippen molar-refractivity contribution in [2.75, 3.05) is 0 Å². The van der Waals surface area contributed by atoms with Crippen molar-refractivity contribution in [3.05, 3.63) is 30.1 Å². The Morgan fingerprint density at radius 1 is 1.50 bits per heavy atom. The van der Waals surface area contributed by atoms with Crippen LogP contribution < -0.4 is 5.32 Å². The number of nitriles is 1. The highest BCUT2D eigenvalue weighted by Gasteiger charge is 2.26. The Labute approximate surface area is 93.1 Å². The number of nitrogens with one attached hydrogen (secondary N) is 1. The fourth-order valence-electron chi connectivity index (χ4n) is 1.59. The molecule has 2 atom stereocenters. The number of rotatable bonds is 2. The van der Waals surface area contributed by atoms with Crippen LogP contribution in [-0.4, -0.2) is 23.2 Å². The Morgan fingerprint density at radius 3 is 2.88 bits per heavy atom. The molecule has 2 rings (SSSR count). The second-order valence-electron chi connectivity index (χ2n) is 3.56. The lowest BCUT2D eigenvalue weighted by Crippen LogP contribution is -2.32. The summed E-state index contributed by atoms with van der Waals surface area (Å²) < 4.78 is 5.20. The summed E-state index contributed by atoms with van der Waals surface area (Å²) in [5.74, 6) is -0.390. The molecular formula is C11H11N3O2. The molecule has 0 spiro atoms. The van der Waals surface area contributed by atoms with E-state index in [0.717, 1.165) is 0 Å². The SMILES string of the molecule is N#CC1CCC(OC(=O)c2ccncc2)N1. The third-order valence-electron chi connectivity index (χ3n) is 2.43. The number of carbonyl (C=O) groups is 1. The maximum atomic E-state index is 11.6. The minimum Gasteiger partial charge on any atom is -0.443 e. The van der Waals surface area contributed by atoms with Gasteiger partial charge in [-0.15, -0.1) is 0 Å². The van der Waals surface area contributed by atoms with E-state index in [-0.39, 0.29) is 12.3 Å². The first-order chi connectivity index (χ1) is 7.79. The monoisotopic (exact) mass is 217 g/mol. The quantitative estimate of drug-likeness (QED) is 0.743. The largest absolute Gasteiger partial charge is 0.443 e. The molecule has 1 saturated heterocycles. The van der Waals surface area contributed by atoms with Gasteiger partial charge in [-0.3, -0.25) is 10.3 Å². The van der Waals surface area contributed by atoms with Crippen LogP contribution in [0.5, 0.6) is 0 Å². The van der Waals surface area contributed by atoms with Crippen LogP contribution in [0.25, 0.3) is 0 Å². The molecule has 1 N–H and O–H groups in total. The van der Waals surface area contributed by atoms with Crippen molar-refractivity contribution in [1.82, 2.24) is 10.3 Å². The number of aromatic nitrogens is 1. The predicted octanol–water partition coefficient (Wildman–Crippen LogP) is 0.840. The minimum atomic E-state index is -0.390. The first kappa shape index (κ1) is 10.6. The highest BCUT2D eigenvalue weighted by Crippen LogP contribution is 2.14. The maximum Gasteiger partial charge on any atom is 0.339 e. The summed E-state index contributed by atoms with van der Waals surface area (Å²) in [6.45, 7) is 0. The third kappa shape index (κ3) is 2.35. The summed E-state index contributed by atoms with van der Waals surface area (Å²) in [4.78, 5) is 15.4. The summed E-state index contributed by atoms with van der Waals surface area (Å²) >= 11 is 0. The molecule has 5 nitrogen and oxygen atoms in total. The zero-order chi connectivity index (χ0) is 11.4. The molecule has 0 aliphatic carbocycles. The predicted molar refractivity (Wildman–Crippen MR) is 55.2 cm³/mol. The van der Waals surface area contributed by atoms with Crippen LogP contribution in [0.2, 0.25) is 0 Å². The van der Waals surface area contributed by atoms with Crippen molar-refractivity contribution in [1.29, 1.82) is 5.26 Å². The van der Waals surface area contributed by atoms with Crippen LogP contribution in [0, 0.1) is 11.3 Å². The second-order valence-corrected chi connectivity index (χ2v) is 3.56. The van der Waals surface area contributed by atoms with Crippen LogP contribution in [0.3, 0.4) is 0 Å². The standard InChI is InChI=1S/C11H11N3O2/c12-7-9-1-2-10(14-9)16-11(15)8-3-5-13-6-4-8/h3-6,9-10,14H,1-2H2. The van der Waals surface area contributed by atoms with Gasteiger partial charge in [0.25, 0.3) is 0 Å². The summed E-state index contributed by atoms with van der Waals surface area (Å²) in [5, 5.41) is 11.6. The number of carbonyl (C=O) groups excluding carboxylic acids is 1. The molecule has 0 saturated carbocycles. The molecule has 0 amide bonds. The number of esters is 1. The Kier molecular flexibility index (Phi) is 3.13. The lowest BCUT2D eigenvalue weighted by atomic mass is 10.2. The molecule has 1 aliphatic rings. The molecule has 5 heteroatoms. The van der Waals surface area contributed by atoms with Gasteiger partial charge in [-0.05, 0) is 18.6 Å². The van der Waals surface area contributed by atoms with Crippen molar-refractivity contribution < 1.29 is 9.53 Å². The van der Waals surface area contributed by atoms with Gasteiger partial charge in [-0.2, -0.15) is 5.26 Å². The normalized spacial score (nSPS) is 23.7. The van der Waals surface area contributed by atoms with Crippen LogP contribution in [-0.2, 0) is 4.74 Å². The first-order valence-electron chi connectivity index (χ1n) is 5.06. The number of ether oxygens (including phenoxy) is 1. The van der Waals surface area contributed by atoms with E-state index in [4.69, 9.17) is 10.00 Å². The van der Waals surface area contributed by atoms with Gasteiger partial charge in [-0.1, -0.05) is 0 Å². The molecule has 0 aromatic carbocycles. The molecule has 82 valence electrons. The van der Waals surface area contributed by atoms with Gasteiger partial charge in [0.1, 0.15) is 0 Å². The highest BCUT2D eigenvalue weighted by molar-refractivity contribution is 5.89. The first-order valence-corrected chi connectivity index (χ1v) is 5.06. The molecule has 1 aromatic heterocycles. The Hall–Kier alpha value is -1.93. The number of nitrogens with zero attached hydrogens (tertiary/aromatic N) is 2. The number of pyridine rings is 1. The van der Waals surface area contributed by atoms with Gasteiger partial charge < -0.3 is 4.74 Å². The highest BCUT2D eigenvalue weighted by atomic mass is 16.6. The van der Waals surface area contributed by atoms with Gasteiger partial charge in [0.05, 0.1) is 17.7 Å². The van der Waals surface area contributed by atoms with E-state index >= 15 is 0 Å². The van der Waals surface area contributed by atoms with Crippen LogP contribution >= 0.6 is 0 Å². The van der Waals surface area contributed by atoms with E-state index in [0.29, 0.717) is 18.4 Å². The fourth-order valence-corrected chi connectivity index (χ4v) is 1.59. The van der Waals surface area contributed by atoms with E-state index in [1.807, 2.05) is 0 Å². The van der Waals surface area contributed by atoms with Crippen LogP contribution in [0.1, 0.15) is 23.2 Å². The number of hydrogen-bond acceptors (Lipinski definition) is 5. The Balaban J connectivity index is 1.92. The average molecular weight is 217 g/mol. The summed E-state index contributed by atoms with van der Waals surface area (Å²) in [6.07, 6.45) is 4.11. The van der Waals surface area contributed by atoms with Crippen molar-refractivity contribution in [3.8, 4) is 6.07 Å². The maximum absolute atomic E-state index is 11.6. The molecule has 16 heavy (non-hydrogen) atoms. The summed E-state index contributed by atoms with van der Waals surface area (Å²) in [6, 6.07) is 5.07. The molecule has 1 fully saturated rings. The molecule has 0 bridgehead atoms. The molecule has 0 radical (unpaired) electrons. The smallest absolute Gasteiger partial charge is 0.339 e. The van der Waals surface area contributed by atoms with Gasteiger partial charge in [0.2, 0.25) is 0 Å². The third-order valence-corrected chi connectivity index (χ3v) is 2.43. The fraction of sp³-hybridized carbons (Fsp3) is 0.364. The molecular weight excluding hydrogens is 206 g/mol. The average Bonchev–Trinajstić information content (AvgIpc) is 2.78. The van der Waals surface area contributed by atoms with Gasteiger partial charge in [-0.25, -0.2) is 4.79 Å². The molecule has 1 aromatic rings. The summed E-state index contributed by atoms with van der Waals surface area (Å²) in [5.41, 5.74) is 0.470. The molecule has 2 unspecified atom stereocenters. The van der Waals surface area contributed by atoms with E-state index in [1.165, 1.54) is 12.4 Å².